The Morgan fingerprint density at radius 3 is 3.00 bits per heavy atom. The first-order chi connectivity index (χ1) is 8.33. The van der Waals surface area contributed by atoms with Crippen molar-refractivity contribution in [3.8, 4) is 0 Å². The van der Waals surface area contributed by atoms with Gasteiger partial charge in [0, 0.05) is 30.8 Å². The lowest BCUT2D eigenvalue weighted by molar-refractivity contribution is 0.0981. The van der Waals surface area contributed by atoms with E-state index in [-0.39, 0.29) is 12.0 Å². The maximum absolute atomic E-state index is 9.62. The number of aliphatic hydroxyl groups excluding tert-OH is 1. The molecule has 1 N–H and O–H groups in total. The minimum absolute atomic E-state index is 0.0442. The molecule has 1 atom stereocenters. The Balaban J connectivity index is 1.79. The molecule has 0 saturated carbocycles. The Bertz CT molecular complexity index is 399. The molecule has 0 aliphatic carbocycles. The van der Waals surface area contributed by atoms with Gasteiger partial charge in [0.05, 0.1) is 13.2 Å². The van der Waals surface area contributed by atoms with Gasteiger partial charge in [0.1, 0.15) is 0 Å². The van der Waals surface area contributed by atoms with Crippen LogP contribution in [0.3, 0.4) is 0 Å². The van der Waals surface area contributed by atoms with E-state index in [0.29, 0.717) is 6.61 Å². The van der Waals surface area contributed by atoms with Crippen LogP contribution in [0.1, 0.15) is 12.0 Å². The second kappa shape index (κ2) is 4.31. The van der Waals surface area contributed by atoms with E-state index in [9.17, 15) is 5.11 Å². The fourth-order valence-corrected chi connectivity index (χ4v) is 2.92. The highest BCUT2D eigenvalue weighted by Gasteiger charge is 2.37. The molecule has 1 fully saturated rings. The largest absolute Gasteiger partial charge is 0.396 e. The van der Waals surface area contributed by atoms with Crippen LogP contribution in [-0.2, 0) is 11.2 Å². The molecule has 3 heteroatoms. The van der Waals surface area contributed by atoms with E-state index >= 15 is 0 Å². The molecule has 2 aliphatic heterocycles. The third-order valence-electron chi connectivity index (χ3n) is 4.03. The second-order valence-electron chi connectivity index (χ2n) is 5.26. The van der Waals surface area contributed by atoms with Gasteiger partial charge in [-0.05, 0) is 24.5 Å². The zero-order valence-electron chi connectivity index (χ0n) is 10.1. The molecule has 1 aromatic rings. The first-order valence-corrected chi connectivity index (χ1v) is 6.34. The number of ether oxygens (including phenoxy) is 1. The van der Waals surface area contributed by atoms with Gasteiger partial charge >= 0.3 is 0 Å². The number of hydrogen-bond acceptors (Lipinski definition) is 3. The summed E-state index contributed by atoms with van der Waals surface area (Å²) in [6.45, 7) is 3.70. The number of rotatable bonds is 3. The van der Waals surface area contributed by atoms with Gasteiger partial charge in [0.25, 0.3) is 0 Å². The number of nitrogens with zero attached hydrogens (tertiary/aromatic N) is 1. The van der Waals surface area contributed by atoms with E-state index in [2.05, 4.69) is 29.2 Å². The van der Waals surface area contributed by atoms with Crippen LogP contribution in [0, 0.1) is 5.41 Å². The van der Waals surface area contributed by atoms with Crippen molar-refractivity contribution in [3.05, 3.63) is 29.8 Å². The summed E-state index contributed by atoms with van der Waals surface area (Å²) in [4.78, 5) is 2.40. The third-order valence-corrected chi connectivity index (χ3v) is 4.03. The van der Waals surface area contributed by atoms with Gasteiger partial charge in [-0.15, -0.1) is 0 Å². The lowest BCUT2D eigenvalue weighted by Crippen LogP contribution is -2.40. The summed E-state index contributed by atoms with van der Waals surface area (Å²) in [5.41, 5.74) is 2.73. The molecule has 0 aromatic heterocycles. The van der Waals surface area contributed by atoms with Crippen LogP contribution in [0.25, 0.3) is 0 Å². The summed E-state index contributed by atoms with van der Waals surface area (Å²) in [5, 5.41) is 9.62. The van der Waals surface area contributed by atoms with Crippen LogP contribution < -0.4 is 4.90 Å². The number of anilines is 1. The van der Waals surface area contributed by atoms with Crippen LogP contribution in [0.2, 0.25) is 0 Å². The molecule has 0 bridgehead atoms. The van der Waals surface area contributed by atoms with E-state index in [1.54, 1.807) is 0 Å². The zero-order chi connectivity index (χ0) is 11.7. The van der Waals surface area contributed by atoms with Crippen LogP contribution >= 0.6 is 0 Å². The molecule has 0 radical (unpaired) electrons. The first kappa shape index (κ1) is 11.1. The highest BCUT2D eigenvalue weighted by Crippen LogP contribution is 2.34. The van der Waals surface area contributed by atoms with E-state index in [0.717, 1.165) is 32.5 Å². The molecule has 1 aromatic carbocycles. The van der Waals surface area contributed by atoms with E-state index < -0.39 is 0 Å². The number of benzene rings is 1. The van der Waals surface area contributed by atoms with Crippen molar-refractivity contribution in [2.24, 2.45) is 5.41 Å². The molecule has 1 unspecified atom stereocenters. The van der Waals surface area contributed by atoms with Crippen LogP contribution in [-0.4, -0.2) is 38.0 Å². The quantitative estimate of drug-likeness (QED) is 0.857. The fourth-order valence-electron chi connectivity index (χ4n) is 2.92. The van der Waals surface area contributed by atoms with E-state index in [1.807, 2.05) is 0 Å². The highest BCUT2D eigenvalue weighted by molar-refractivity contribution is 5.58. The maximum atomic E-state index is 9.62. The van der Waals surface area contributed by atoms with Crippen molar-refractivity contribution in [1.29, 1.82) is 0 Å². The van der Waals surface area contributed by atoms with Crippen LogP contribution in [0.4, 0.5) is 5.69 Å². The minimum Gasteiger partial charge on any atom is -0.396 e. The SMILES string of the molecule is OCC1(CN2CCc3ccccc32)CCOC1. The van der Waals surface area contributed by atoms with Gasteiger partial charge in [0.2, 0.25) is 0 Å². The normalized spacial score (nSPS) is 27.5. The molecule has 92 valence electrons. The molecule has 2 aliphatic rings. The van der Waals surface area contributed by atoms with Crippen molar-refractivity contribution in [2.45, 2.75) is 12.8 Å². The van der Waals surface area contributed by atoms with Gasteiger partial charge in [-0.2, -0.15) is 0 Å². The Morgan fingerprint density at radius 2 is 2.24 bits per heavy atom. The third kappa shape index (κ3) is 1.94. The molecule has 3 rings (SSSR count). The average Bonchev–Trinajstić information content (AvgIpc) is 2.99. The Hall–Kier alpha value is -1.06. The van der Waals surface area contributed by atoms with E-state index in [4.69, 9.17) is 4.74 Å². The summed E-state index contributed by atoms with van der Waals surface area (Å²) < 4.78 is 5.46. The lowest BCUT2D eigenvalue weighted by atomic mass is 9.87. The zero-order valence-corrected chi connectivity index (χ0v) is 10.1. The first-order valence-electron chi connectivity index (χ1n) is 6.34. The minimum atomic E-state index is -0.0442. The number of para-hydroxylation sites is 1. The molecule has 3 nitrogen and oxygen atoms in total. The maximum Gasteiger partial charge on any atom is 0.0562 e. The summed E-state index contributed by atoms with van der Waals surface area (Å²) in [6, 6.07) is 8.58. The predicted octanol–water partition coefficient (Wildman–Crippen LogP) is 1.45. The second-order valence-corrected chi connectivity index (χ2v) is 5.26. The topological polar surface area (TPSA) is 32.7 Å². The standard InChI is InChI=1S/C14H19NO2/c16-10-14(6-8-17-11-14)9-15-7-5-12-3-1-2-4-13(12)15/h1-4,16H,5-11H2. The molecular weight excluding hydrogens is 214 g/mol. The van der Waals surface area contributed by atoms with E-state index in [1.165, 1.54) is 11.3 Å². The summed E-state index contributed by atoms with van der Waals surface area (Å²) >= 11 is 0. The smallest absolute Gasteiger partial charge is 0.0562 e. The summed E-state index contributed by atoms with van der Waals surface area (Å²) in [7, 11) is 0. The van der Waals surface area contributed by atoms with Crippen molar-refractivity contribution in [3.63, 3.8) is 0 Å². The Kier molecular flexibility index (Phi) is 2.81. The van der Waals surface area contributed by atoms with Gasteiger partial charge in [-0.1, -0.05) is 18.2 Å². The molecular formula is C14H19NO2. The van der Waals surface area contributed by atoms with Crippen molar-refractivity contribution in [1.82, 2.24) is 0 Å². The Morgan fingerprint density at radius 1 is 1.35 bits per heavy atom. The van der Waals surface area contributed by atoms with Crippen LogP contribution in [0.15, 0.2) is 24.3 Å². The van der Waals surface area contributed by atoms with Gasteiger partial charge in [0.15, 0.2) is 0 Å². The molecule has 17 heavy (non-hydrogen) atoms. The lowest BCUT2D eigenvalue weighted by Gasteiger charge is -2.32. The van der Waals surface area contributed by atoms with Gasteiger partial charge in [-0.3, -0.25) is 0 Å². The van der Waals surface area contributed by atoms with Crippen LogP contribution in [0.5, 0.6) is 0 Å². The summed E-state index contributed by atoms with van der Waals surface area (Å²) in [6.07, 6.45) is 2.10. The highest BCUT2D eigenvalue weighted by atomic mass is 16.5. The Labute approximate surface area is 102 Å². The molecule has 2 heterocycles. The van der Waals surface area contributed by atoms with Crippen molar-refractivity contribution < 1.29 is 9.84 Å². The monoisotopic (exact) mass is 233 g/mol. The number of fused-ring (bicyclic) bond motifs is 1. The van der Waals surface area contributed by atoms with Crippen molar-refractivity contribution >= 4 is 5.69 Å². The number of aliphatic hydroxyl groups is 1. The predicted molar refractivity (Wildman–Crippen MR) is 67.3 cm³/mol. The summed E-state index contributed by atoms with van der Waals surface area (Å²) in [5.74, 6) is 0. The van der Waals surface area contributed by atoms with Gasteiger partial charge < -0.3 is 14.7 Å². The molecule has 0 spiro atoms. The van der Waals surface area contributed by atoms with Gasteiger partial charge in [-0.25, -0.2) is 0 Å². The average molecular weight is 233 g/mol. The molecule has 0 amide bonds. The molecule has 1 saturated heterocycles. The fraction of sp³-hybridized carbons (Fsp3) is 0.571. The van der Waals surface area contributed by atoms with Crippen molar-refractivity contribution in [2.75, 3.05) is 37.8 Å². The number of hydrogen-bond donors (Lipinski definition) is 1.